The van der Waals surface area contributed by atoms with Crippen molar-refractivity contribution in [1.82, 2.24) is 19.5 Å². The lowest BCUT2D eigenvalue weighted by molar-refractivity contribution is 0.281. The average Bonchev–Trinajstić information content (AvgIpc) is 2.85. The maximum Gasteiger partial charge on any atom is 0.241 e. The molecule has 7 nitrogen and oxygen atoms in total. The first kappa shape index (κ1) is 15.9. The van der Waals surface area contributed by atoms with Gasteiger partial charge in [-0.3, -0.25) is 0 Å². The molecule has 2 N–H and O–H groups in total. The van der Waals surface area contributed by atoms with Gasteiger partial charge in [0.05, 0.1) is 17.5 Å². The highest BCUT2D eigenvalue weighted by molar-refractivity contribution is 7.89. The third-order valence-corrected chi connectivity index (χ3v) is 4.87. The fraction of sp³-hybridized carbons (Fsp3) is 0.333. The minimum absolute atomic E-state index is 0.0324. The maximum absolute atomic E-state index is 12.3. The van der Waals surface area contributed by atoms with Crippen molar-refractivity contribution in [2.24, 2.45) is 7.05 Å². The second kappa shape index (κ2) is 6.10. The number of benzene rings is 1. The topological polar surface area (TPSA) is 97.1 Å². The molecule has 0 saturated carbocycles. The van der Waals surface area contributed by atoms with Gasteiger partial charge >= 0.3 is 0 Å². The number of hydrogen-bond donors (Lipinski definition) is 2. The van der Waals surface area contributed by atoms with Gasteiger partial charge in [0.2, 0.25) is 10.0 Å². The molecule has 0 aliphatic heterocycles. The molecule has 1 heterocycles. The number of sulfonamides is 1. The van der Waals surface area contributed by atoms with E-state index < -0.39 is 16.1 Å². The Morgan fingerprint density at radius 3 is 2.76 bits per heavy atom. The van der Waals surface area contributed by atoms with Crippen LogP contribution in [0.5, 0.6) is 0 Å². The SMILES string of the molecule is CC(NS(=O)(=O)c1ccc(Cl)c(CO)c1)c1nncn1C. The van der Waals surface area contributed by atoms with Crippen LogP contribution >= 0.6 is 11.6 Å². The van der Waals surface area contributed by atoms with Gasteiger partial charge in [-0.2, -0.15) is 0 Å². The minimum atomic E-state index is -3.75. The monoisotopic (exact) mass is 330 g/mol. The molecule has 114 valence electrons. The number of aliphatic hydroxyl groups is 1. The number of nitrogens with one attached hydrogen (secondary N) is 1. The van der Waals surface area contributed by atoms with Crippen LogP contribution in [-0.2, 0) is 23.7 Å². The molecule has 1 atom stereocenters. The van der Waals surface area contributed by atoms with Gasteiger partial charge in [0.15, 0.2) is 0 Å². The Bertz CT molecular complexity index is 745. The number of rotatable bonds is 5. The van der Waals surface area contributed by atoms with Gasteiger partial charge in [0.25, 0.3) is 0 Å². The van der Waals surface area contributed by atoms with Gasteiger partial charge in [-0.1, -0.05) is 11.6 Å². The molecule has 0 aliphatic rings. The zero-order valence-corrected chi connectivity index (χ0v) is 13.1. The van der Waals surface area contributed by atoms with Crippen LogP contribution < -0.4 is 4.72 Å². The average molecular weight is 331 g/mol. The summed E-state index contributed by atoms with van der Waals surface area (Å²) in [6.45, 7) is 1.34. The largest absolute Gasteiger partial charge is 0.392 e. The van der Waals surface area contributed by atoms with E-state index in [1.165, 1.54) is 24.5 Å². The number of nitrogens with zero attached hydrogens (tertiary/aromatic N) is 3. The molecule has 9 heteroatoms. The van der Waals surface area contributed by atoms with E-state index in [0.717, 1.165) is 0 Å². The normalized spacial score (nSPS) is 13.3. The van der Waals surface area contributed by atoms with Crippen molar-refractivity contribution in [3.8, 4) is 0 Å². The molecule has 1 unspecified atom stereocenters. The van der Waals surface area contributed by atoms with Crippen molar-refractivity contribution in [1.29, 1.82) is 0 Å². The van der Waals surface area contributed by atoms with E-state index in [9.17, 15) is 8.42 Å². The molecular weight excluding hydrogens is 316 g/mol. The Kier molecular flexibility index (Phi) is 4.62. The summed E-state index contributed by atoms with van der Waals surface area (Å²) in [5.74, 6) is 0.495. The van der Waals surface area contributed by atoms with Crippen molar-refractivity contribution < 1.29 is 13.5 Å². The molecule has 0 radical (unpaired) electrons. The Morgan fingerprint density at radius 1 is 1.48 bits per heavy atom. The molecule has 2 rings (SSSR count). The molecule has 0 spiro atoms. The molecule has 0 aliphatic carbocycles. The Hall–Kier alpha value is -1.48. The van der Waals surface area contributed by atoms with E-state index in [1.807, 2.05) is 0 Å². The van der Waals surface area contributed by atoms with Crippen LogP contribution in [0, 0.1) is 0 Å². The first-order valence-electron chi connectivity index (χ1n) is 6.10. The summed E-state index contributed by atoms with van der Waals surface area (Å²) < 4.78 is 28.8. The van der Waals surface area contributed by atoms with Crippen LogP contribution in [0.15, 0.2) is 29.4 Å². The van der Waals surface area contributed by atoms with E-state index in [4.69, 9.17) is 16.7 Å². The molecule has 21 heavy (non-hydrogen) atoms. The van der Waals surface area contributed by atoms with Crippen molar-refractivity contribution in [3.05, 3.63) is 40.9 Å². The fourth-order valence-electron chi connectivity index (χ4n) is 1.88. The molecule has 2 aromatic rings. The van der Waals surface area contributed by atoms with Crippen LogP contribution in [-0.4, -0.2) is 28.3 Å². The summed E-state index contributed by atoms with van der Waals surface area (Å²) in [5, 5.41) is 17.1. The second-order valence-corrected chi connectivity index (χ2v) is 6.68. The van der Waals surface area contributed by atoms with Crippen LogP contribution in [0.2, 0.25) is 5.02 Å². The quantitative estimate of drug-likeness (QED) is 0.852. The lowest BCUT2D eigenvalue weighted by Gasteiger charge is -2.14. The van der Waals surface area contributed by atoms with Crippen molar-refractivity contribution >= 4 is 21.6 Å². The third kappa shape index (κ3) is 3.41. The summed E-state index contributed by atoms with van der Waals surface area (Å²) in [6.07, 6.45) is 1.49. The molecule has 1 aromatic carbocycles. The van der Waals surface area contributed by atoms with Gasteiger partial charge in [0.1, 0.15) is 12.2 Å². The molecule has 0 bridgehead atoms. The van der Waals surface area contributed by atoms with E-state index in [1.54, 1.807) is 18.5 Å². The van der Waals surface area contributed by atoms with E-state index >= 15 is 0 Å². The van der Waals surface area contributed by atoms with E-state index in [-0.39, 0.29) is 11.5 Å². The van der Waals surface area contributed by atoms with Crippen molar-refractivity contribution in [2.45, 2.75) is 24.5 Å². The summed E-state index contributed by atoms with van der Waals surface area (Å²) in [5.41, 5.74) is 0.353. The highest BCUT2D eigenvalue weighted by Gasteiger charge is 2.21. The highest BCUT2D eigenvalue weighted by atomic mass is 35.5. The molecular formula is C12H15ClN4O3S. The van der Waals surface area contributed by atoms with Gasteiger partial charge in [0, 0.05) is 12.1 Å². The fourth-order valence-corrected chi connectivity index (χ4v) is 3.31. The number of hydrogen-bond acceptors (Lipinski definition) is 5. The lowest BCUT2D eigenvalue weighted by atomic mass is 10.2. The van der Waals surface area contributed by atoms with Crippen LogP contribution in [0.1, 0.15) is 24.4 Å². The zero-order valence-electron chi connectivity index (χ0n) is 11.5. The minimum Gasteiger partial charge on any atom is -0.392 e. The standard InChI is InChI=1S/C12H15ClN4O3S/c1-8(12-15-14-7-17(12)2)16-21(19,20)10-3-4-11(13)9(5-10)6-18/h3-5,7-8,16,18H,6H2,1-2H3. The Morgan fingerprint density at radius 2 is 2.19 bits per heavy atom. The van der Waals surface area contributed by atoms with Crippen LogP contribution in [0.25, 0.3) is 0 Å². The Balaban J connectivity index is 2.28. The van der Waals surface area contributed by atoms with Crippen LogP contribution in [0.4, 0.5) is 0 Å². The van der Waals surface area contributed by atoms with Gasteiger partial charge in [-0.05, 0) is 30.7 Å². The van der Waals surface area contributed by atoms with Crippen molar-refractivity contribution in [3.63, 3.8) is 0 Å². The summed E-state index contributed by atoms with van der Waals surface area (Å²) in [7, 11) is -2.02. The molecule has 0 amide bonds. The van der Waals surface area contributed by atoms with Gasteiger partial charge < -0.3 is 9.67 Å². The number of aromatic nitrogens is 3. The number of aliphatic hydroxyl groups excluding tert-OH is 1. The predicted molar refractivity (Wildman–Crippen MR) is 77.1 cm³/mol. The summed E-state index contributed by atoms with van der Waals surface area (Å²) in [6, 6.07) is 3.62. The predicted octanol–water partition coefficient (Wildman–Crippen LogP) is 1.00. The van der Waals surface area contributed by atoms with Crippen molar-refractivity contribution in [2.75, 3.05) is 0 Å². The van der Waals surface area contributed by atoms with Gasteiger partial charge in [-0.15, -0.1) is 10.2 Å². The first-order chi connectivity index (χ1) is 9.85. The number of halogens is 1. The van der Waals surface area contributed by atoms with Gasteiger partial charge in [-0.25, -0.2) is 13.1 Å². The van der Waals surface area contributed by atoms with E-state index in [2.05, 4.69) is 14.9 Å². The second-order valence-electron chi connectivity index (χ2n) is 4.55. The third-order valence-electron chi connectivity index (χ3n) is 2.96. The highest BCUT2D eigenvalue weighted by Crippen LogP contribution is 2.21. The molecule has 0 fully saturated rings. The molecule has 0 saturated heterocycles. The summed E-state index contributed by atoms with van der Waals surface area (Å²) >= 11 is 5.86. The lowest BCUT2D eigenvalue weighted by Crippen LogP contribution is -2.28. The number of aryl methyl sites for hydroxylation is 1. The summed E-state index contributed by atoms with van der Waals surface area (Å²) in [4.78, 5) is 0.0324. The first-order valence-corrected chi connectivity index (χ1v) is 7.97. The smallest absolute Gasteiger partial charge is 0.241 e. The van der Waals surface area contributed by atoms with E-state index in [0.29, 0.717) is 16.4 Å². The molecule has 1 aromatic heterocycles. The maximum atomic E-state index is 12.3. The Labute approximate surface area is 127 Å². The zero-order chi connectivity index (χ0) is 15.6. The van der Waals surface area contributed by atoms with Crippen LogP contribution in [0.3, 0.4) is 0 Å².